The molecule has 0 aliphatic carbocycles. The molecule has 0 amide bonds. The van der Waals surface area contributed by atoms with Crippen LogP contribution in [0.1, 0.15) is 0 Å². The Morgan fingerprint density at radius 1 is 1.40 bits per heavy atom. The van der Waals surface area contributed by atoms with E-state index in [1.807, 2.05) is 18.2 Å². The lowest BCUT2D eigenvalue weighted by molar-refractivity contribution is 0.168. The maximum absolute atomic E-state index is 5.73. The SMILES string of the molecule is Nc1ccccc1OC=C1CNCCO1. The Balaban J connectivity index is 2.00. The minimum absolute atomic E-state index is 0.623. The second-order valence-electron chi connectivity index (χ2n) is 3.27. The monoisotopic (exact) mass is 206 g/mol. The van der Waals surface area contributed by atoms with Crippen molar-refractivity contribution < 1.29 is 9.47 Å². The van der Waals surface area contributed by atoms with Crippen LogP contribution in [0.15, 0.2) is 36.3 Å². The Kier molecular flexibility index (Phi) is 3.09. The van der Waals surface area contributed by atoms with Gasteiger partial charge in [0.15, 0.2) is 0 Å². The first-order chi connectivity index (χ1) is 7.36. The van der Waals surface area contributed by atoms with Crippen LogP contribution < -0.4 is 15.8 Å². The fourth-order valence-electron chi connectivity index (χ4n) is 1.31. The first-order valence-corrected chi connectivity index (χ1v) is 4.90. The van der Waals surface area contributed by atoms with Crippen molar-refractivity contribution in [1.82, 2.24) is 5.32 Å². The van der Waals surface area contributed by atoms with E-state index in [0.717, 1.165) is 12.3 Å². The number of nitrogen functional groups attached to an aromatic ring is 1. The summed E-state index contributed by atoms with van der Waals surface area (Å²) in [5.41, 5.74) is 6.35. The first-order valence-electron chi connectivity index (χ1n) is 4.90. The number of rotatable bonds is 2. The van der Waals surface area contributed by atoms with E-state index in [4.69, 9.17) is 15.2 Å². The van der Waals surface area contributed by atoms with Gasteiger partial charge >= 0.3 is 0 Å². The van der Waals surface area contributed by atoms with Gasteiger partial charge in [-0.2, -0.15) is 0 Å². The zero-order chi connectivity index (χ0) is 10.5. The van der Waals surface area contributed by atoms with Crippen molar-refractivity contribution in [2.24, 2.45) is 0 Å². The van der Waals surface area contributed by atoms with Crippen molar-refractivity contribution >= 4 is 5.69 Å². The van der Waals surface area contributed by atoms with E-state index in [2.05, 4.69) is 5.32 Å². The molecule has 0 bridgehead atoms. The van der Waals surface area contributed by atoms with E-state index < -0.39 is 0 Å². The minimum Gasteiger partial charge on any atom is -0.492 e. The molecular weight excluding hydrogens is 192 g/mol. The standard InChI is InChI=1S/C11H14N2O2/c12-10-3-1-2-4-11(10)15-8-9-7-13-5-6-14-9/h1-4,8,13H,5-7,12H2. The molecule has 1 saturated heterocycles. The Bertz CT molecular complexity index is 355. The summed E-state index contributed by atoms with van der Waals surface area (Å²) in [4.78, 5) is 0. The van der Waals surface area contributed by atoms with Gasteiger partial charge in [-0.1, -0.05) is 12.1 Å². The number of para-hydroxylation sites is 2. The van der Waals surface area contributed by atoms with Crippen LogP contribution in [0.2, 0.25) is 0 Å². The van der Waals surface area contributed by atoms with Crippen molar-refractivity contribution in [3.8, 4) is 5.75 Å². The third kappa shape index (κ3) is 2.63. The van der Waals surface area contributed by atoms with E-state index in [-0.39, 0.29) is 0 Å². The summed E-state index contributed by atoms with van der Waals surface area (Å²) >= 11 is 0. The molecule has 1 heterocycles. The number of hydrogen-bond acceptors (Lipinski definition) is 4. The highest BCUT2D eigenvalue weighted by Crippen LogP contribution is 2.20. The van der Waals surface area contributed by atoms with Crippen molar-refractivity contribution in [2.45, 2.75) is 0 Å². The topological polar surface area (TPSA) is 56.5 Å². The molecule has 0 unspecified atom stereocenters. The van der Waals surface area contributed by atoms with Crippen LogP contribution in [0, 0.1) is 0 Å². The molecular formula is C11H14N2O2. The smallest absolute Gasteiger partial charge is 0.149 e. The van der Waals surface area contributed by atoms with Gasteiger partial charge in [0.2, 0.25) is 0 Å². The molecule has 1 fully saturated rings. The molecule has 0 radical (unpaired) electrons. The van der Waals surface area contributed by atoms with E-state index >= 15 is 0 Å². The summed E-state index contributed by atoms with van der Waals surface area (Å²) in [5.74, 6) is 1.45. The van der Waals surface area contributed by atoms with Crippen LogP contribution in [0.3, 0.4) is 0 Å². The van der Waals surface area contributed by atoms with Crippen molar-refractivity contribution in [3.63, 3.8) is 0 Å². The molecule has 1 aliphatic rings. The Morgan fingerprint density at radius 3 is 3.00 bits per heavy atom. The summed E-state index contributed by atoms with van der Waals surface area (Å²) < 4.78 is 10.8. The van der Waals surface area contributed by atoms with Gasteiger partial charge < -0.3 is 20.5 Å². The highest BCUT2D eigenvalue weighted by molar-refractivity contribution is 5.52. The van der Waals surface area contributed by atoms with Crippen molar-refractivity contribution in [3.05, 3.63) is 36.3 Å². The van der Waals surface area contributed by atoms with Gasteiger partial charge in [-0.05, 0) is 12.1 Å². The number of hydrogen-bond donors (Lipinski definition) is 2. The van der Waals surface area contributed by atoms with Gasteiger partial charge in [-0.25, -0.2) is 0 Å². The predicted molar refractivity (Wildman–Crippen MR) is 58.4 cm³/mol. The number of ether oxygens (including phenoxy) is 2. The Labute approximate surface area is 88.7 Å². The third-order valence-electron chi connectivity index (χ3n) is 2.10. The molecule has 1 aliphatic heterocycles. The summed E-state index contributed by atoms with van der Waals surface area (Å²) in [6.07, 6.45) is 1.60. The number of morpholine rings is 1. The molecule has 3 N–H and O–H groups in total. The van der Waals surface area contributed by atoms with Gasteiger partial charge in [-0.15, -0.1) is 0 Å². The van der Waals surface area contributed by atoms with Gasteiger partial charge in [0.25, 0.3) is 0 Å². The lowest BCUT2D eigenvalue weighted by Crippen LogP contribution is -2.29. The third-order valence-corrected chi connectivity index (χ3v) is 2.10. The fourth-order valence-corrected chi connectivity index (χ4v) is 1.31. The van der Waals surface area contributed by atoms with Crippen LogP contribution in [-0.4, -0.2) is 19.7 Å². The zero-order valence-electron chi connectivity index (χ0n) is 8.40. The molecule has 0 spiro atoms. The lowest BCUT2D eigenvalue weighted by Gasteiger charge is -2.17. The van der Waals surface area contributed by atoms with Crippen molar-refractivity contribution in [2.75, 3.05) is 25.4 Å². The van der Waals surface area contributed by atoms with E-state index in [9.17, 15) is 0 Å². The average molecular weight is 206 g/mol. The molecule has 0 saturated carbocycles. The van der Waals surface area contributed by atoms with Gasteiger partial charge in [0.1, 0.15) is 24.4 Å². The van der Waals surface area contributed by atoms with Gasteiger partial charge in [-0.3, -0.25) is 0 Å². The molecule has 2 rings (SSSR count). The largest absolute Gasteiger partial charge is 0.492 e. The molecule has 15 heavy (non-hydrogen) atoms. The van der Waals surface area contributed by atoms with Crippen LogP contribution in [0.4, 0.5) is 5.69 Å². The summed E-state index contributed by atoms with van der Waals surface area (Å²) in [7, 11) is 0. The average Bonchev–Trinajstić information content (AvgIpc) is 2.29. The van der Waals surface area contributed by atoms with Crippen LogP contribution >= 0.6 is 0 Å². The van der Waals surface area contributed by atoms with E-state index in [0.29, 0.717) is 24.6 Å². The number of nitrogens with one attached hydrogen (secondary N) is 1. The van der Waals surface area contributed by atoms with E-state index in [1.165, 1.54) is 0 Å². The van der Waals surface area contributed by atoms with Gasteiger partial charge in [0.05, 0.1) is 12.2 Å². The number of nitrogens with two attached hydrogens (primary N) is 1. The Morgan fingerprint density at radius 2 is 2.27 bits per heavy atom. The van der Waals surface area contributed by atoms with Crippen LogP contribution in [0.5, 0.6) is 5.75 Å². The summed E-state index contributed by atoms with van der Waals surface area (Å²) in [6, 6.07) is 7.37. The second kappa shape index (κ2) is 4.70. The molecule has 0 aromatic heterocycles. The molecule has 1 aromatic carbocycles. The molecule has 1 aromatic rings. The lowest BCUT2D eigenvalue weighted by atomic mass is 10.3. The highest BCUT2D eigenvalue weighted by atomic mass is 16.5. The maximum Gasteiger partial charge on any atom is 0.149 e. The maximum atomic E-state index is 5.73. The number of anilines is 1. The van der Waals surface area contributed by atoms with E-state index in [1.54, 1.807) is 12.3 Å². The predicted octanol–water partition coefficient (Wildman–Crippen LogP) is 1.11. The summed E-state index contributed by atoms with van der Waals surface area (Å²) in [5, 5.41) is 3.18. The highest BCUT2D eigenvalue weighted by Gasteiger charge is 2.05. The quantitative estimate of drug-likeness (QED) is 0.562. The molecule has 80 valence electrons. The second-order valence-corrected chi connectivity index (χ2v) is 3.27. The summed E-state index contributed by atoms with van der Waals surface area (Å²) in [6.45, 7) is 2.26. The normalized spacial score (nSPS) is 18.5. The molecule has 4 nitrogen and oxygen atoms in total. The minimum atomic E-state index is 0.623. The van der Waals surface area contributed by atoms with Crippen LogP contribution in [0.25, 0.3) is 0 Å². The zero-order valence-corrected chi connectivity index (χ0v) is 8.40. The van der Waals surface area contributed by atoms with Gasteiger partial charge in [0, 0.05) is 6.54 Å². The molecule has 4 heteroatoms. The fraction of sp³-hybridized carbons (Fsp3) is 0.273. The molecule has 0 atom stereocenters. The van der Waals surface area contributed by atoms with Crippen molar-refractivity contribution in [1.29, 1.82) is 0 Å². The Hall–Kier alpha value is -1.68. The van der Waals surface area contributed by atoms with Crippen LogP contribution in [-0.2, 0) is 4.74 Å². The first kappa shape index (κ1) is 9.86. The number of benzene rings is 1.